The van der Waals surface area contributed by atoms with Crippen LogP contribution in [0.3, 0.4) is 0 Å². The molecule has 2 atom stereocenters. The maximum atomic E-state index is 12.9. The van der Waals surface area contributed by atoms with Crippen LogP contribution in [0.2, 0.25) is 0 Å². The van der Waals surface area contributed by atoms with Crippen LogP contribution in [0, 0.1) is 11.3 Å². The molecule has 10 heteroatoms. The van der Waals surface area contributed by atoms with Crippen LogP contribution in [0.25, 0.3) is 0 Å². The standard InChI is InChI=1S/C17H20F3N3O3S/c1-12(17(18,19)20)22-14(15(24)23-16(11-21)7-8-16)10-27(25,26)9-13-5-3-2-4-6-13/h2-6,12,14,22H,7-10H2,1H3,(H,23,24)/t12-,14-/m0/s1. The third-order valence-electron chi connectivity index (χ3n) is 4.24. The van der Waals surface area contributed by atoms with Gasteiger partial charge >= 0.3 is 6.18 Å². The zero-order valence-electron chi connectivity index (χ0n) is 14.6. The van der Waals surface area contributed by atoms with E-state index in [0.29, 0.717) is 18.4 Å². The van der Waals surface area contributed by atoms with E-state index < -0.39 is 51.0 Å². The number of amides is 1. The molecule has 0 unspecified atom stereocenters. The molecule has 1 aliphatic carbocycles. The fourth-order valence-corrected chi connectivity index (χ4v) is 4.02. The summed E-state index contributed by atoms with van der Waals surface area (Å²) < 4.78 is 63.5. The Hall–Kier alpha value is -2.12. The largest absolute Gasteiger partial charge is 0.403 e. The van der Waals surface area contributed by atoms with Crippen molar-refractivity contribution in [2.24, 2.45) is 0 Å². The smallest absolute Gasteiger partial charge is 0.336 e. The number of carbonyl (C=O) groups is 1. The van der Waals surface area contributed by atoms with Gasteiger partial charge in [0.1, 0.15) is 17.6 Å². The topological polar surface area (TPSA) is 99.1 Å². The Kier molecular flexibility index (Phi) is 6.17. The summed E-state index contributed by atoms with van der Waals surface area (Å²) in [4.78, 5) is 12.4. The van der Waals surface area contributed by atoms with Crippen molar-refractivity contribution < 1.29 is 26.4 Å². The van der Waals surface area contributed by atoms with Gasteiger partial charge < -0.3 is 5.32 Å². The van der Waals surface area contributed by atoms with Crippen molar-refractivity contribution in [3.05, 3.63) is 35.9 Å². The zero-order chi connectivity index (χ0) is 20.3. The van der Waals surface area contributed by atoms with Gasteiger partial charge in [0.15, 0.2) is 9.84 Å². The summed E-state index contributed by atoms with van der Waals surface area (Å²) in [5.74, 6) is -2.14. The first-order valence-electron chi connectivity index (χ1n) is 8.27. The Bertz CT molecular complexity index is 815. The molecule has 1 amide bonds. The highest BCUT2D eigenvalue weighted by molar-refractivity contribution is 7.90. The van der Waals surface area contributed by atoms with Gasteiger partial charge in [0.2, 0.25) is 5.91 Å². The Morgan fingerprint density at radius 3 is 2.37 bits per heavy atom. The Balaban J connectivity index is 2.15. The summed E-state index contributed by atoms with van der Waals surface area (Å²) in [7, 11) is -3.89. The number of sulfone groups is 1. The quantitative estimate of drug-likeness (QED) is 0.688. The molecule has 148 valence electrons. The van der Waals surface area contributed by atoms with E-state index in [9.17, 15) is 26.4 Å². The van der Waals surface area contributed by atoms with Gasteiger partial charge in [-0.15, -0.1) is 0 Å². The lowest BCUT2D eigenvalue weighted by Gasteiger charge is -2.25. The monoisotopic (exact) mass is 403 g/mol. The van der Waals surface area contributed by atoms with Gasteiger partial charge in [0, 0.05) is 0 Å². The van der Waals surface area contributed by atoms with Crippen molar-refractivity contribution in [2.75, 3.05) is 5.75 Å². The summed E-state index contributed by atoms with van der Waals surface area (Å²) in [5.41, 5.74) is -0.641. The lowest BCUT2D eigenvalue weighted by atomic mass is 10.2. The summed E-state index contributed by atoms with van der Waals surface area (Å²) >= 11 is 0. The van der Waals surface area contributed by atoms with Gasteiger partial charge in [-0.25, -0.2) is 8.42 Å². The lowest BCUT2D eigenvalue weighted by Crippen LogP contribution is -2.56. The molecule has 2 rings (SSSR count). The molecular formula is C17H20F3N3O3S. The minimum atomic E-state index is -4.64. The number of alkyl halides is 3. The third kappa shape index (κ3) is 6.22. The first-order valence-corrected chi connectivity index (χ1v) is 10.1. The van der Waals surface area contributed by atoms with Crippen molar-refractivity contribution in [1.82, 2.24) is 10.6 Å². The number of nitrogens with zero attached hydrogens (tertiary/aromatic N) is 1. The van der Waals surface area contributed by atoms with Gasteiger partial charge in [-0.05, 0) is 25.3 Å². The average molecular weight is 403 g/mol. The van der Waals surface area contributed by atoms with Crippen molar-refractivity contribution in [2.45, 2.75) is 49.3 Å². The number of carbonyl (C=O) groups excluding carboxylic acids is 1. The molecule has 0 bridgehead atoms. The molecule has 1 aromatic carbocycles. The molecule has 1 aliphatic rings. The molecule has 6 nitrogen and oxygen atoms in total. The first kappa shape index (κ1) is 21.2. The van der Waals surface area contributed by atoms with Crippen LogP contribution in [0.5, 0.6) is 0 Å². The third-order valence-corrected chi connectivity index (χ3v) is 5.85. The molecule has 0 heterocycles. The second-order valence-electron chi connectivity index (χ2n) is 6.71. The number of rotatable bonds is 8. The highest BCUT2D eigenvalue weighted by atomic mass is 32.2. The van der Waals surface area contributed by atoms with E-state index in [1.807, 2.05) is 11.4 Å². The van der Waals surface area contributed by atoms with Crippen molar-refractivity contribution in [3.8, 4) is 6.07 Å². The van der Waals surface area contributed by atoms with Gasteiger partial charge in [-0.2, -0.15) is 18.4 Å². The second-order valence-corrected chi connectivity index (χ2v) is 8.82. The number of halogens is 3. The summed E-state index contributed by atoms with van der Waals surface area (Å²) in [6.45, 7) is 0.807. The minimum absolute atomic E-state index is 0.382. The number of nitriles is 1. The normalized spacial score (nSPS) is 18.2. The summed E-state index contributed by atoms with van der Waals surface area (Å²) in [6, 6.07) is 6.32. The fraction of sp³-hybridized carbons (Fsp3) is 0.529. The van der Waals surface area contributed by atoms with Crippen LogP contribution >= 0.6 is 0 Å². The molecule has 0 spiro atoms. The Morgan fingerprint density at radius 2 is 1.89 bits per heavy atom. The van der Waals surface area contributed by atoms with Gasteiger partial charge in [0.05, 0.1) is 17.6 Å². The van der Waals surface area contributed by atoms with Crippen LogP contribution < -0.4 is 10.6 Å². The maximum Gasteiger partial charge on any atom is 0.403 e. The van der Waals surface area contributed by atoms with E-state index in [-0.39, 0.29) is 0 Å². The summed E-state index contributed by atoms with van der Waals surface area (Å²) in [5, 5.41) is 13.5. The molecule has 1 fully saturated rings. The van der Waals surface area contributed by atoms with E-state index in [1.165, 1.54) is 0 Å². The molecule has 2 N–H and O–H groups in total. The predicted octanol–water partition coefficient (Wildman–Crippen LogP) is 1.68. The van der Waals surface area contributed by atoms with Crippen LogP contribution in [0.15, 0.2) is 30.3 Å². The average Bonchev–Trinajstić information content (AvgIpc) is 3.33. The number of nitrogens with one attached hydrogen (secondary N) is 2. The minimum Gasteiger partial charge on any atom is -0.336 e. The van der Waals surface area contributed by atoms with Gasteiger partial charge in [-0.1, -0.05) is 30.3 Å². The SMILES string of the molecule is C[C@H](N[C@@H](CS(=O)(=O)Cc1ccccc1)C(=O)NC1(C#N)CC1)C(F)(F)F. The van der Waals surface area contributed by atoms with Crippen molar-refractivity contribution in [3.63, 3.8) is 0 Å². The summed E-state index contributed by atoms with van der Waals surface area (Å²) in [6.07, 6.45) is -3.88. The van der Waals surface area contributed by atoms with E-state index in [4.69, 9.17) is 5.26 Å². The molecule has 0 aliphatic heterocycles. The molecular weight excluding hydrogens is 383 g/mol. The van der Waals surface area contributed by atoms with Crippen LogP contribution in [-0.4, -0.2) is 43.9 Å². The first-order chi connectivity index (χ1) is 12.5. The van der Waals surface area contributed by atoms with Gasteiger partial charge in [0.25, 0.3) is 0 Å². The highest BCUT2D eigenvalue weighted by Crippen LogP contribution is 2.34. The van der Waals surface area contributed by atoms with Crippen molar-refractivity contribution in [1.29, 1.82) is 5.26 Å². The number of hydrogen-bond acceptors (Lipinski definition) is 5. The molecule has 0 radical (unpaired) electrons. The second kappa shape index (κ2) is 7.86. The maximum absolute atomic E-state index is 12.9. The lowest BCUT2D eigenvalue weighted by molar-refractivity contribution is -0.154. The van der Waals surface area contributed by atoms with Gasteiger partial charge in [-0.3, -0.25) is 10.1 Å². The highest BCUT2D eigenvalue weighted by Gasteiger charge is 2.47. The van der Waals surface area contributed by atoms with E-state index >= 15 is 0 Å². The van der Waals surface area contributed by atoms with E-state index in [2.05, 4.69) is 5.32 Å². The van der Waals surface area contributed by atoms with Crippen LogP contribution in [-0.2, 0) is 20.4 Å². The van der Waals surface area contributed by atoms with Crippen LogP contribution in [0.1, 0.15) is 25.3 Å². The van der Waals surface area contributed by atoms with E-state index in [0.717, 1.165) is 6.92 Å². The zero-order valence-corrected chi connectivity index (χ0v) is 15.4. The molecule has 1 aromatic rings. The van der Waals surface area contributed by atoms with Crippen molar-refractivity contribution >= 4 is 15.7 Å². The fourth-order valence-electron chi connectivity index (χ4n) is 2.45. The number of hydrogen-bond donors (Lipinski definition) is 2. The molecule has 0 saturated heterocycles. The Labute approximate surface area is 155 Å². The number of benzene rings is 1. The predicted molar refractivity (Wildman–Crippen MR) is 92.1 cm³/mol. The molecule has 1 saturated carbocycles. The molecule has 0 aromatic heterocycles. The van der Waals surface area contributed by atoms with E-state index in [1.54, 1.807) is 30.3 Å². The molecule has 27 heavy (non-hydrogen) atoms. The van der Waals surface area contributed by atoms with Crippen LogP contribution in [0.4, 0.5) is 13.2 Å². The Morgan fingerprint density at radius 1 is 1.30 bits per heavy atom.